The van der Waals surface area contributed by atoms with Gasteiger partial charge in [-0.2, -0.15) is 9.97 Å². The molecule has 2 saturated heterocycles. The molecule has 6 rings (SSSR count). The third-order valence-electron chi connectivity index (χ3n) is 8.09. The highest BCUT2D eigenvalue weighted by molar-refractivity contribution is 5.87. The number of benzene rings is 1. The molecule has 0 spiro atoms. The first-order chi connectivity index (χ1) is 19.1. The number of aryl methyl sites for hydroxylation is 1. The van der Waals surface area contributed by atoms with Crippen molar-refractivity contribution >= 4 is 23.6 Å². The summed E-state index contributed by atoms with van der Waals surface area (Å²) in [6, 6.07) is 4.68. The molecule has 0 bridgehead atoms. The summed E-state index contributed by atoms with van der Waals surface area (Å²) in [6.07, 6.45) is 5.13. The Hall–Kier alpha value is -3.50. The van der Waals surface area contributed by atoms with Crippen molar-refractivity contribution in [3.8, 4) is 6.01 Å². The minimum Gasteiger partial charge on any atom is -0.463 e. The molecule has 5 heterocycles. The predicted octanol–water partition coefficient (Wildman–Crippen LogP) is 0.655. The van der Waals surface area contributed by atoms with Crippen molar-refractivity contribution in [3.05, 3.63) is 52.2 Å². The molecule has 4 aliphatic rings. The van der Waals surface area contributed by atoms with E-state index in [1.807, 2.05) is 11.1 Å². The van der Waals surface area contributed by atoms with Crippen LogP contribution in [0.2, 0.25) is 0 Å². The summed E-state index contributed by atoms with van der Waals surface area (Å²) in [4.78, 5) is 35.4. The fourth-order valence-corrected chi connectivity index (χ4v) is 5.88. The van der Waals surface area contributed by atoms with Crippen LogP contribution in [0.3, 0.4) is 0 Å². The van der Waals surface area contributed by atoms with Crippen molar-refractivity contribution in [2.75, 3.05) is 82.0 Å². The van der Waals surface area contributed by atoms with Crippen LogP contribution in [0, 0.1) is 6.92 Å². The molecule has 1 aromatic heterocycles. The molecule has 206 valence electrons. The number of carbonyl (C=O) groups is 1. The van der Waals surface area contributed by atoms with Gasteiger partial charge >= 0.3 is 6.01 Å². The minimum absolute atomic E-state index is 0.0160. The molecule has 0 N–H and O–H groups in total. The summed E-state index contributed by atoms with van der Waals surface area (Å²) < 4.78 is 11.6. The number of piperazine rings is 1. The van der Waals surface area contributed by atoms with Gasteiger partial charge in [-0.15, -0.1) is 0 Å². The lowest BCUT2D eigenvalue weighted by Gasteiger charge is -2.38. The first kappa shape index (κ1) is 25.8. The van der Waals surface area contributed by atoms with E-state index in [9.17, 15) is 4.79 Å². The molecule has 4 aliphatic heterocycles. The Bertz CT molecular complexity index is 1360. The van der Waals surface area contributed by atoms with Crippen molar-refractivity contribution in [1.29, 1.82) is 0 Å². The van der Waals surface area contributed by atoms with E-state index in [1.165, 1.54) is 28.1 Å². The van der Waals surface area contributed by atoms with Gasteiger partial charge in [0.25, 0.3) is 0 Å². The Morgan fingerprint density at radius 2 is 1.90 bits per heavy atom. The van der Waals surface area contributed by atoms with Crippen LogP contribution in [0.5, 0.6) is 6.01 Å². The average Bonchev–Trinajstić information content (AvgIpc) is 2.96. The number of morpholine rings is 1. The molecule has 10 nitrogen and oxygen atoms in total. The number of hydrogen-bond acceptors (Lipinski definition) is 9. The smallest absolute Gasteiger partial charge is 0.318 e. The molecule has 0 aliphatic carbocycles. The first-order valence-electron chi connectivity index (χ1n) is 14.0. The summed E-state index contributed by atoms with van der Waals surface area (Å²) in [5.41, 5.74) is 4.71. The molecule has 0 atom stereocenters. The van der Waals surface area contributed by atoms with Gasteiger partial charge in [0, 0.05) is 69.3 Å². The van der Waals surface area contributed by atoms with Crippen molar-refractivity contribution in [3.63, 3.8) is 0 Å². The number of rotatable bonds is 8. The van der Waals surface area contributed by atoms with Crippen LogP contribution in [0.1, 0.15) is 23.2 Å². The Labute approximate surface area is 229 Å². The Morgan fingerprint density at radius 3 is 2.64 bits per heavy atom. The van der Waals surface area contributed by atoms with Gasteiger partial charge in [-0.1, -0.05) is 12.6 Å². The maximum atomic E-state index is 12.1. The van der Waals surface area contributed by atoms with Crippen LogP contribution in [-0.4, -0.2) is 97.9 Å². The van der Waals surface area contributed by atoms with E-state index in [0.717, 1.165) is 82.2 Å². The van der Waals surface area contributed by atoms with Crippen molar-refractivity contribution in [2.24, 2.45) is 4.99 Å². The lowest BCUT2D eigenvalue weighted by atomic mass is 10.0. The summed E-state index contributed by atoms with van der Waals surface area (Å²) in [5, 5.41) is 2.27. The van der Waals surface area contributed by atoms with E-state index < -0.39 is 0 Å². The second kappa shape index (κ2) is 11.3. The SMILES string of the molecule is C=CC(=O)N1CCN(c2nc(OCCCN3CCOCC3)nc3c2CCN(c2c(C)ccc4c2=CN=4)C3)CC1. The largest absolute Gasteiger partial charge is 0.463 e. The molecule has 0 saturated carbocycles. The number of anilines is 2. The van der Waals surface area contributed by atoms with Crippen LogP contribution in [0.4, 0.5) is 11.5 Å². The normalized spacial score (nSPS) is 18.8. The molecule has 2 fully saturated rings. The van der Waals surface area contributed by atoms with Gasteiger partial charge in [-0.25, -0.2) is 0 Å². The maximum absolute atomic E-state index is 12.1. The zero-order valence-electron chi connectivity index (χ0n) is 22.8. The van der Waals surface area contributed by atoms with E-state index in [-0.39, 0.29) is 5.91 Å². The van der Waals surface area contributed by atoms with Crippen molar-refractivity contribution in [1.82, 2.24) is 19.8 Å². The first-order valence-corrected chi connectivity index (χ1v) is 14.0. The number of fused-ring (bicyclic) bond motifs is 2. The van der Waals surface area contributed by atoms with E-state index in [4.69, 9.17) is 19.4 Å². The van der Waals surface area contributed by atoms with E-state index in [0.29, 0.717) is 32.3 Å². The number of hydrogen-bond donors (Lipinski definition) is 0. The molecule has 1 amide bonds. The fourth-order valence-electron chi connectivity index (χ4n) is 5.88. The van der Waals surface area contributed by atoms with E-state index in [1.54, 1.807) is 0 Å². The Morgan fingerprint density at radius 1 is 1.08 bits per heavy atom. The standard InChI is InChI=1S/C29H37N7O3/c1-3-26(37)34-10-12-35(13-11-34)28-22-7-9-36(27-21(2)5-6-24-23(27)19-30-24)20-25(22)31-29(32-28)39-16-4-8-33-14-17-38-18-15-33/h3,5-6,19H,1,4,7-18,20H2,2H3. The van der Waals surface area contributed by atoms with E-state index in [2.05, 4.69) is 45.3 Å². The average molecular weight is 532 g/mol. The highest BCUT2D eigenvalue weighted by Gasteiger charge is 2.29. The summed E-state index contributed by atoms with van der Waals surface area (Å²) in [7, 11) is 0. The van der Waals surface area contributed by atoms with Crippen LogP contribution < -0.4 is 25.1 Å². The van der Waals surface area contributed by atoms with Crippen LogP contribution in [-0.2, 0) is 22.5 Å². The van der Waals surface area contributed by atoms with Crippen LogP contribution in [0.15, 0.2) is 29.8 Å². The lowest BCUT2D eigenvalue weighted by Crippen LogP contribution is -2.49. The van der Waals surface area contributed by atoms with E-state index >= 15 is 0 Å². The van der Waals surface area contributed by atoms with Crippen molar-refractivity contribution in [2.45, 2.75) is 26.3 Å². The number of aromatic nitrogens is 2. The quantitative estimate of drug-likeness (QED) is 0.363. The maximum Gasteiger partial charge on any atom is 0.318 e. The highest BCUT2D eigenvalue weighted by Crippen LogP contribution is 2.31. The van der Waals surface area contributed by atoms with Crippen LogP contribution in [0.25, 0.3) is 6.20 Å². The van der Waals surface area contributed by atoms with Gasteiger partial charge < -0.3 is 24.2 Å². The third-order valence-corrected chi connectivity index (χ3v) is 8.09. The number of ether oxygens (including phenoxy) is 2. The highest BCUT2D eigenvalue weighted by atomic mass is 16.5. The summed E-state index contributed by atoms with van der Waals surface area (Å²) in [6.45, 7) is 15.3. The fraction of sp³-hybridized carbons (Fsp3) is 0.517. The number of nitrogens with zero attached hydrogens (tertiary/aromatic N) is 7. The second-order valence-corrected chi connectivity index (χ2v) is 10.5. The lowest BCUT2D eigenvalue weighted by molar-refractivity contribution is -0.126. The van der Waals surface area contributed by atoms with Crippen molar-refractivity contribution < 1.29 is 14.3 Å². The Balaban J connectivity index is 1.22. The second-order valence-electron chi connectivity index (χ2n) is 10.5. The molecule has 1 aromatic carbocycles. The molecule has 2 aromatic rings. The molecule has 10 heteroatoms. The van der Waals surface area contributed by atoms with Gasteiger partial charge in [0.15, 0.2) is 0 Å². The van der Waals surface area contributed by atoms with Crippen LogP contribution >= 0.6 is 0 Å². The molecule has 0 radical (unpaired) electrons. The third kappa shape index (κ3) is 5.35. The predicted molar refractivity (Wildman–Crippen MR) is 150 cm³/mol. The summed E-state index contributed by atoms with van der Waals surface area (Å²) in [5.74, 6) is 0.936. The molecule has 0 unspecified atom stereocenters. The molecule has 39 heavy (non-hydrogen) atoms. The van der Waals surface area contributed by atoms with Gasteiger partial charge in [0.1, 0.15) is 5.82 Å². The monoisotopic (exact) mass is 531 g/mol. The summed E-state index contributed by atoms with van der Waals surface area (Å²) >= 11 is 0. The van der Waals surface area contributed by atoms with Gasteiger partial charge in [0.2, 0.25) is 5.91 Å². The minimum atomic E-state index is -0.0160. The number of amides is 1. The van der Waals surface area contributed by atoms with Gasteiger partial charge in [-0.3, -0.25) is 14.7 Å². The molecular weight excluding hydrogens is 494 g/mol. The van der Waals surface area contributed by atoms with Gasteiger partial charge in [-0.05, 0) is 37.5 Å². The molecular formula is C29H37N7O3. The van der Waals surface area contributed by atoms with Gasteiger partial charge in [0.05, 0.1) is 43.1 Å². The zero-order valence-corrected chi connectivity index (χ0v) is 22.8. The topological polar surface area (TPSA) is 86.6 Å². The number of carbonyl (C=O) groups excluding carboxylic acids is 1. The Kier molecular flexibility index (Phi) is 7.47. The zero-order chi connectivity index (χ0) is 26.8.